The molecule has 2 aliphatic heterocycles. The Labute approximate surface area is 180 Å². The van der Waals surface area contributed by atoms with Crippen LogP contribution in [0.5, 0.6) is 0 Å². The first-order valence-electron chi connectivity index (χ1n) is 10.3. The summed E-state index contributed by atoms with van der Waals surface area (Å²) >= 11 is 0. The molecule has 0 radical (unpaired) electrons. The smallest absolute Gasteiger partial charge is 0.186 e. The highest BCUT2D eigenvalue weighted by molar-refractivity contribution is 4.94. The highest BCUT2D eigenvalue weighted by atomic mass is 16.7. The number of aliphatic hydroxyl groups is 8. The minimum absolute atomic E-state index is 0.0244. The maximum Gasteiger partial charge on any atom is 0.186 e. The lowest BCUT2D eigenvalue weighted by Gasteiger charge is -2.41. The fraction of sp³-hybridized carbons (Fsp3) is 1.00. The van der Waals surface area contributed by atoms with Crippen molar-refractivity contribution >= 4 is 0 Å². The Morgan fingerprint density at radius 2 is 1.68 bits per heavy atom. The van der Waals surface area contributed by atoms with Gasteiger partial charge in [0.15, 0.2) is 12.6 Å². The summed E-state index contributed by atoms with van der Waals surface area (Å²) in [6.45, 7) is 3.32. The number of hydrogen-bond acceptors (Lipinski definition) is 12. The van der Waals surface area contributed by atoms with E-state index in [0.717, 1.165) is 0 Å². The Balaban J connectivity index is 1.93. The predicted octanol–water partition coefficient (Wildman–Crippen LogP) is -3.57. The van der Waals surface area contributed by atoms with Crippen LogP contribution in [0.25, 0.3) is 0 Å². The van der Waals surface area contributed by atoms with Crippen LogP contribution in [-0.2, 0) is 18.9 Å². The summed E-state index contributed by atoms with van der Waals surface area (Å²) in [5, 5.41) is 80.0. The van der Waals surface area contributed by atoms with Gasteiger partial charge in [-0.15, -0.1) is 0 Å². The molecule has 2 heterocycles. The third-order valence-electron chi connectivity index (χ3n) is 6.18. The fourth-order valence-electron chi connectivity index (χ4n) is 3.63. The molecule has 10 atom stereocenters. The lowest BCUT2D eigenvalue weighted by Crippen LogP contribution is -2.60. The zero-order valence-electron chi connectivity index (χ0n) is 17.9. The minimum Gasteiger partial charge on any atom is -0.393 e. The van der Waals surface area contributed by atoms with Gasteiger partial charge in [0.2, 0.25) is 0 Å². The van der Waals surface area contributed by atoms with Crippen molar-refractivity contribution in [2.24, 2.45) is 5.92 Å². The molecule has 2 saturated heterocycles. The topological polar surface area (TPSA) is 199 Å². The first kappa shape index (κ1) is 26.8. The molecule has 0 amide bonds. The second-order valence-electron chi connectivity index (χ2n) is 8.68. The molecule has 0 aromatic rings. The van der Waals surface area contributed by atoms with E-state index >= 15 is 0 Å². The lowest BCUT2D eigenvalue weighted by atomic mass is 9.83. The highest BCUT2D eigenvalue weighted by Crippen LogP contribution is 2.29. The van der Waals surface area contributed by atoms with Crippen molar-refractivity contribution in [3.8, 4) is 0 Å². The SMILES string of the molecule is CC(C)[C@@](O)(CCO[C@@H]1O[C@H](CO[C@H]2OC[C@](O)(CO)[C@H]2O)[C@@H](O)[C@H](O)[C@H]1O)[C@@H](C)O. The summed E-state index contributed by atoms with van der Waals surface area (Å²) in [7, 11) is 0. The van der Waals surface area contributed by atoms with Crippen molar-refractivity contribution in [3.05, 3.63) is 0 Å². The first-order valence-corrected chi connectivity index (χ1v) is 10.3. The molecule has 2 rings (SSSR count). The van der Waals surface area contributed by atoms with Crippen LogP contribution in [0.1, 0.15) is 27.2 Å². The molecule has 0 aromatic heterocycles. The number of hydrogen-bond donors (Lipinski definition) is 8. The van der Waals surface area contributed by atoms with Gasteiger partial charge in [-0.2, -0.15) is 0 Å². The average molecular weight is 456 g/mol. The molecule has 0 unspecified atom stereocenters. The molecule has 8 N–H and O–H groups in total. The van der Waals surface area contributed by atoms with Crippen LogP contribution in [0.2, 0.25) is 0 Å². The first-order chi connectivity index (χ1) is 14.4. The van der Waals surface area contributed by atoms with Crippen LogP contribution >= 0.6 is 0 Å². The Bertz CT molecular complexity index is 552. The molecular formula is C19H36O12. The second-order valence-corrected chi connectivity index (χ2v) is 8.68. The summed E-state index contributed by atoms with van der Waals surface area (Å²) in [6.07, 6.45) is -11.2. The quantitative estimate of drug-likeness (QED) is 0.161. The standard InChI is InChI=1S/C19H36O12/c1-9(2)19(27,10(3)21)4-5-28-16-14(24)13(23)12(22)11(31-16)6-29-17-15(25)18(26,7-20)8-30-17/h9-17,20-27H,4-8H2,1-3H3/t10-,11-,12-,13+,14-,15+,16-,17+,18-,19+/m1/s1. The van der Waals surface area contributed by atoms with Crippen LogP contribution in [0.3, 0.4) is 0 Å². The molecule has 31 heavy (non-hydrogen) atoms. The van der Waals surface area contributed by atoms with Gasteiger partial charge in [0.1, 0.15) is 36.1 Å². The summed E-state index contributed by atoms with van der Waals surface area (Å²) in [5.74, 6) is -0.280. The molecule has 0 spiro atoms. The summed E-state index contributed by atoms with van der Waals surface area (Å²) < 4.78 is 21.4. The van der Waals surface area contributed by atoms with Crippen molar-refractivity contribution in [3.63, 3.8) is 0 Å². The van der Waals surface area contributed by atoms with Crippen LogP contribution in [0.15, 0.2) is 0 Å². The normalized spacial score (nSPS) is 42.0. The van der Waals surface area contributed by atoms with Crippen molar-refractivity contribution in [1.82, 2.24) is 0 Å². The van der Waals surface area contributed by atoms with Crippen LogP contribution in [-0.4, -0.2) is 128 Å². The van der Waals surface area contributed by atoms with Crippen molar-refractivity contribution in [2.75, 3.05) is 26.4 Å². The fourth-order valence-corrected chi connectivity index (χ4v) is 3.63. The van der Waals surface area contributed by atoms with E-state index in [-0.39, 0.29) is 25.6 Å². The van der Waals surface area contributed by atoms with E-state index in [2.05, 4.69) is 0 Å². The molecule has 2 fully saturated rings. The molecule has 12 heteroatoms. The van der Waals surface area contributed by atoms with Gasteiger partial charge in [0, 0.05) is 6.42 Å². The summed E-state index contributed by atoms with van der Waals surface area (Å²) in [4.78, 5) is 0. The van der Waals surface area contributed by atoms with Crippen molar-refractivity contribution < 1.29 is 59.8 Å². The van der Waals surface area contributed by atoms with Gasteiger partial charge in [-0.3, -0.25) is 0 Å². The van der Waals surface area contributed by atoms with E-state index in [9.17, 15) is 35.7 Å². The van der Waals surface area contributed by atoms with E-state index in [1.54, 1.807) is 13.8 Å². The van der Waals surface area contributed by atoms with Crippen LogP contribution in [0, 0.1) is 5.92 Å². The Morgan fingerprint density at radius 3 is 2.19 bits per heavy atom. The minimum atomic E-state index is -1.88. The maximum absolute atomic E-state index is 10.6. The van der Waals surface area contributed by atoms with E-state index < -0.39 is 73.6 Å². The number of rotatable bonds is 10. The number of aliphatic hydroxyl groups excluding tert-OH is 6. The molecule has 2 aliphatic rings. The molecule has 184 valence electrons. The Hall–Kier alpha value is -0.480. The van der Waals surface area contributed by atoms with Gasteiger partial charge in [0.25, 0.3) is 0 Å². The van der Waals surface area contributed by atoms with Gasteiger partial charge >= 0.3 is 0 Å². The monoisotopic (exact) mass is 456 g/mol. The number of ether oxygens (including phenoxy) is 4. The van der Waals surface area contributed by atoms with Gasteiger partial charge in [-0.25, -0.2) is 0 Å². The molecule has 0 saturated carbocycles. The van der Waals surface area contributed by atoms with Gasteiger partial charge in [-0.05, 0) is 12.8 Å². The zero-order valence-corrected chi connectivity index (χ0v) is 17.9. The average Bonchev–Trinajstić information content (AvgIpc) is 3.01. The summed E-state index contributed by atoms with van der Waals surface area (Å²) in [5.41, 5.74) is -3.31. The van der Waals surface area contributed by atoms with Crippen LogP contribution in [0.4, 0.5) is 0 Å². The molecule has 0 bridgehead atoms. The maximum atomic E-state index is 10.6. The van der Waals surface area contributed by atoms with E-state index in [4.69, 9.17) is 24.1 Å². The van der Waals surface area contributed by atoms with E-state index in [1.165, 1.54) is 6.92 Å². The van der Waals surface area contributed by atoms with Gasteiger partial charge in [-0.1, -0.05) is 13.8 Å². The third-order valence-corrected chi connectivity index (χ3v) is 6.18. The molecule has 0 aliphatic carbocycles. The molecule has 12 nitrogen and oxygen atoms in total. The van der Waals surface area contributed by atoms with Crippen LogP contribution < -0.4 is 0 Å². The summed E-state index contributed by atoms with van der Waals surface area (Å²) in [6, 6.07) is 0. The Kier molecular flexibility index (Phi) is 9.18. The van der Waals surface area contributed by atoms with E-state index in [0.29, 0.717) is 0 Å². The lowest BCUT2D eigenvalue weighted by molar-refractivity contribution is -0.311. The Morgan fingerprint density at radius 1 is 1.03 bits per heavy atom. The van der Waals surface area contributed by atoms with Crippen molar-refractivity contribution in [2.45, 2.75) is 87.6 Å². The highest BCUT2D eigenvalue weighted by Gasteiger charge is 2.50. The van der Waals surface area contributed by atoms with E-state index in [1.807, 2.05) is 0 Å². The molecule has 0 aromatic carbocycles. The van der Waals surface area contributed by atoms with Gasteiger partial charge in [0.05, 0.1) is 38.1 Å². The third kappa shape index (κ3) is 5.72. The zero-order chi connectivity index (χ0) is 23.6. The predicted molar refractivity (Wildman–Crippen MR) is 102 cm³/mol. The second kappa shape index (κ2) is 10.6. The van der Waals surface area contributed by atoms with Gasteiger partial charge < -0.3 is 59.8 Å². The largest absolute Gasteiger partial charge is 0.393 e. The van der Waals surface area contributed by atoms with Crippen molar-refractivity contribution in [1.29, 1.82) is 0 Å². The molecular weight excluding hydrogens is 420 g/mol.